The zero-order chi connectivity index (χ0) is 10.8. The minimum absolute atomic E-state index is 0.0521. The van der Waals surface area contributed by atoms with E-state index in [9.17, 15) is 4.79 Å². The van der Waals surface area contributed by atoms with Crippen molar-refractivity contribution in [3.05, 3.63) is 33.8 Å². The monoisotopic (exact) mass is 269 g/mol. The van der Waals surface area contributed by atoms with Gasteiger partial charge in [0.25, 0.3) is 0 Å². The molecule has 0 heterocycles. The van der Waals surface area contributed by atoms with Crippen LogP contribution in [0, 0.1) is 0 Å². The Morgan fingerprint density at radius 1 is 1.53 bits per heavy atom. The smallest absolute Gasteiger partial charge is 0.405 e. The van der Waals surface area contributed by atoms with Gasteiger partial charge in [0.2, 0.25) is 0 Å². The Hall–Kier alpha value is -1.03. The van der Waals surface area contributed by atoms with Gasteiger partial charge in [-0.3, -0.25) is 0 Å². The number of rotatable bonds is 1. The number of hydrogen-bond acceptors (Lipinski definition) is 1. The van der Waals surface area contributed by atoms with Crippen LogP contribution in [0.25, 0.3) is 0 Å². The lowest BCUT2D eigenvalue weighted by Gasteiger charge is -2.26. The number of carboxylic acid groups (broad SMARTS) is 1. The molecule has 15 heavy (non-hydrogen) atoms. The fraction of sp³-hybridized carbons (Fsp3) is 0.364. The molecule has 0 unspecified atom stereocenters. The van der Waals surface area contributed by atoms with Crippen LogP contribution in [-0.2, 0) is 6.42 Å². The van der Waals surface area contributed by atoms with Crippen LogP contribution in [0.1, 0.15) is 30.0 Å². The largest absolute Gasteiger partial charge is 0.465 e. The fourth-order valence-electron chi connectivity index (χ4n) is 2.10. The third kappa shape index (κ3) is 2.15. The summed E-state index contributed by atoms with van der Waals surface area (Å²) in [4.78, 5) is 10.6. The maximum absolute atomic E-state index is 10.6. The molecule has 0 saturated heterocycles. The topological polar surface area (TPSA) is 49.3 Å². The minimum atomic E-state index is -0.951. The summed E-state index contributed by atoms with van der Waals surface area (Å²) in [7, 11) is 0. The Kier molecular flexibility index (Phi) is 2.95. The maximum atomic E-state index is 10.6. The summed E-state index contributed by atoms with van der Waals surface area (Å²) in [5, 5.41) is 11.3. The van der Waals surface area contributed by atoms with Gasteiger partial charge in [0.15, 0.2) is 0 Å². The number of halogens is 1. The van der Waals surface area contributed by atoms with Gasteiger partial charge in [0, 0.05) is 4.47 Å². The molecule has 0 radical (unpaired) electrons. The van der Waals surface area contributed by atoms with Gasteiger partial charge in [0.1, 0.15) is 0 Å². The first-order valence-corrected chi connectivity index (χ1v) is 5.74. The van der Waals surface area contributed by atoms with Gasteiger partial charge in [-0.15, -0.1) is 0 Å². The molecule has 3 nitrogen and oxygen atoms in total. The van der Waals surface area contributed by atoms with Gasteiger partial charge in [-0.05, 0) is 36.5 Å². The van der Waals surface area contributed by atoms with Crippen molar-refractivity contribution in [3.63, 3.8) is 0 Å². The van der Waals surface area contributed by atoms with E-state index in [1.54, 1.807) is 0 Å². The summed E-state index contributed by atoms with van der Waals surface area (Å²) >= 11 is 3.50. The van der Waals surface area contributed by atoms with Gasteiger partial charge >= 0.3 is 6.09 Å². The van der Waals surface area contributed by atoms with Gasteiger partial charge in [-0.25, -0.2) is 4.79 Å². The van der Waals surface area contributed by atoms with Crippen LogP contribution < -0.4 is 5.32 Å². The van der Waals surface area contributed by atoms with E-state index >= 15 is 0 Å². The van der Waals surface area contributed by atoms with Crippen LogP contribution >= 0.6 is 15.9 Å². The number of hydrogen-bond donors (Lipinski definition) is 2. The zero-order valence-corrected chi connectivity index (χ0v) is 9.75. The molecule has 1 aliphatic rings. The summed E-state index contributed by atoms with van der Waals surface area (Å²) in [6.07, 6.45) is 1.98. The Morgan fingerprint density at radius 2 is 2.33 bits per heavy atom. The number of carbonyl (C=O) groups is 1. The van der Waals surface area contributed by atoms with Crippen molar-refractivity contribution in [3.8, 4) is 0 Å². The molecule has 0 aromatic heterocycles. The van der Waals surface area contributed by atoms with E-state index in [2.05, 4.69) is 21.2 Å². The molecule has 0 fully saturated rings. The van der Waals surface area contributed by atoms with Crippen molar-refractivity contribution in [2.24, 2.45) is 0 Å². The molecule has 1 atom stereocenters. The van der Waals surface area contributed by atoms with Crippen molar-refractivity contribution >= 4 is 22.0 Å². The second kappa shape index (κ2) is 4.23. The van der Waals surface area contributed by atoms with E-state index in [1.165, 1.54) is 5.56 Å². The summed E-state index contributed by atoms with van der Waals surface area (Å²) in [5.74, 6) is 0. The summed E-state index contributed by atoms with van der Waals surface area (Å²) in [6.45, 7) is 0. The maximum Gasteiger partial charge on any atom is 0.405 e. The first-order valence-electron chi connectivity index (χ1n) is 4.95. The summed E-state index contributed by atoms with van der Waals surface area (Å²) < 4.78 is 1.08. The molecule has 2 rings (SSSR count). The highest BCUT2D eigenvalue weighted by molar-refractivity contribution is 9.10. The molecule has 80 valence electrons. The molecule has 0 aliphatic heterocycles. The van der Waals surface area contributed by atoms with Crippen molar-refractivity contribution in [1.29, 1.82) is 0 Å². The van der Waals surface area contributed by atoms with E-state index in [-0.39, 0.29) is 6.04 Å². The van der Waals surface area contributed by atoms with E-state index in [0.717, 1.165) is 29.3 Å². The fourth-order valence-corrected chi connectivity index (χ4v) is 2.68. The lowest BCUT2D eigenvalue weighted by atomic mass is 9.88. The van der Waals surface area contributed by atoms with Crippen LogP contribution in [0.3, 0.4) is 0 Å². The summed E-state index contributed by atoms with van der Waals surface area (Å²) in [5.41, 5.74) is 2.35. The Bertz CT molecular complexity index is 392. The van der Waals surface area contributed by atoms with Crippen molar-refractivity contribution in [2.75, 3.05) is 0 Å². The van der Waals surface area contributed by atoms with Crippen LogP contribution in [0.2, 0.25) is 0 Å². The lowest BCUT2D eigenvalue weighted by molar-refractivity contribution is 0.188. The molecule has 1 amide bonds. The average molecular weight is 270 g/mol. The number of benzene rings is 1. The Balaban J connectivity index is 2.34. The van der Waals surface area contributed by atoms with E-state index in [4.69, 9.17) is 5.11 Å². The standard InChI is InChI=1S/C11H12BrNO2/c12-9-5-1-4-8-7(9)3-2-6-10(8)13-11(14)15/h1,4-5,10,13H,2-3,6H2,(H,14,15)/t10-/m1/s1. The first kappa shape index (κ1) is 10.5. The molecule has 0 bridgehead atoms. The highest BCUT2D eigenvalue weighted by atomic mass is 79.9. The highest BCUT2D eigenvalue weighted by Gasteiger charge is 2.22. The van der Waals surface area contributed by atoms with Crippen LogP contribution in [0.5, 0.6) is 0 Å². The Labute approximate surface area is 96.6 Å². The van der Waals surface area contributed by atoms with Gasteiger partial charge in [-0.2, -0.15) is 0 Å². The lowest BCUT2D eigenvalue weighted by Crippen LogP contribution is -2.29. The Morgan fingerprint density at radius 3 is 3.07 bits per heavy atom. The summed E-state index contributed by atoms with van der Waals surface area (Å²) in [6, 6.07) is 5.90. The van der Waals surface area contributed by atoms with Gasteiger partial charge in [-0.1, -0.05) is 28.1 Å². The molecular formula is C11H12BrNO2. The van der Waals surface area contributed by atoms with Crippen molar-refractivity contribution < 1.29 is 9.90 Å². The molecule has 0 spiro atoms. The number of amides is 1. The van der Waals surface area contributed by atoms with Gasteiger partial charge in [0.05, 0.1) is 6.04 Å². The molecule has 1 aliphatic carbocycles. The predicted octanol–water partition coefficient (Wildman–Crippen LogP) is 3.09. The van der Waals surface area contributed by atoms with Crippen LogP contribution in [-0.4, -0.2) is 11.2 Å². The SMILES string of the molecule is O=C(O)N[C@@H]1CCCc2c(Br)cccc21. The van der Waals surface area contributed by atoms with E-state index in [1.807, 2.05) is 18.2 Å². The molecule has 2 N–H and O–H groups in total. The second-order valence-corrected chi connectivity index (χ2v) is 4.56. The number of nitrogens with one attached hydrogen (secondary N) is 1. The second-order valence-electron chi connectivity index (χ2n) is 3.70. The van der Waals surface area contributed by atoms with Crippen LogP contribution in [0.4, 0.5) is 4.79 Å². The number of fused-ring (bicyclic) bond motifs is 1. The normalized spacial score (nSPS) is 19.4. The third-order valence-corrected chi connectivity index (χ3v) is 3.49. The highest BCUT2D eigenvalue weighted by Crippen LogP contribution is 2.33. The third-order valence-electron chi connectivity index (χ3n) is 2.75. The zero-order valence-electron chi connectivity index (χ0n) is 8.16. The van der Waals surface area contributed by atoms with Crippen molar-refractivity contribution in [1.82, 2.24) is 5.32 Å². The molecule has 1 aromatic carbocycles. The van der Waals surface area contributed by atoms with Crippen molar-refractivity contribution in [2.45, 2.75) is 25.3 Å². The molecule has 1 aromatic rings. The quantitative estimate of drug-likeness (QED) is 0.823. The first-order chi connectivity index (χ1) is 7.18. The van der Waals surface area contributed by atoms with Gasteiger partial charge < -0.3 is 10.4 Å². The predicted molar refractivity (Wildman–Crippen MR) is 61.0 cm³/mol. The van der Waals surface area contributed by atoms with E-state index < -0.39 is 6.09 Å². The minimum Gasteiger partial charge on any atom is -0.465 e. The van der Waals surface area contributed by atoms with E-state index in [0.29, 0.717) is 0 Å². The molecule has 0 saturated carbocycles. The van der Waals surface area contributed by atoms with Crippen LogP contribution in [0.15, 0.2) is 22.7 Å². The average Bonchev–Trinajstić information content (AvgIpc) is 2.19. The molecule has 4 heteroatoms. The molecular weight excluding hydrogens is 258 g/mol.